The van der Waals surface area contributed by atoms with E-state index < -0.39 is 0 Å². The number of nitrogens with zero attached hydrogens (tertiary/aromatic N) is 1. The highest BCUT2D eigenvalue weighted by atomic mass is 32.1. The van der Waals surface area contributed by atoms with E-state index in [2.05, 4.69) is 4.98 Å². The molecule has 1 aromatic heterocycles. The van der Waals surface area contributed by atoms with Crippen LogP contribution in [0.2, 0.25) is 0 Å². The molecule has 0 unspecified atom stereocenters. The maximum Gasteiger partial charge on any atom is 0.0797 e. The number of hydrogen-bond donors (Lipinski definition) is 1. The molecule has 0 spiro atoms. The molecule has 62 valence electrons. The molecule has 0 radical (unpaired) electrons. The van der Waals surface area contributed by atoms with Crippen LogP contribution in [0.25, 0.3) is 0 Å². The zero-order valence-electron chi connectivity index (χ0n) is 6.71. The Hall–Kier alpha value is -0.410. The number of aromatic nitrogens is 1. The molecule has 1 aromatic rings. The quantitative estimate of drug-likeness (QED) is 0.700. The van der Waals surface area contributed by atoms with E-state index in [9.17, 15) is 0 Å². The van der Waals surface area contributed by atoms with E-state index in [4.69, 9.17) is 5.11 Å². The minimum absolute atomic E-state index is 0.303. The van der Waals surface area contributed by atoms with Crippen LogP contribution in [0.15, 0.2) is 5.51 Å². The van der Waals surface area contributed by atoms with Gasteiger partial charge >= 0.3 is 0 Å². The maximum absolute atomic E-state index is 8.55. The monoisotopic (exact) mass is 171 g/mol. The molecular weight excluding hydrogens is 158 g/mol. The standard InChI is InChI=1S/C8H13NOS/c1-7-8(11-6-9-7)4-2-3-5-10/h6,10H,2-5H2,1H3. The van der Waals surface area contributed by atoms with Crippen molar-refractivity contribution in [1.82, 2.24) is 4.98 Å². The smallest absolute Gasteiger partial charge is 0.0797 e. The van der Waals surface area contributed by atoms with Gasteiger partial charge in [0.25, 0.3) is 0 Å². The molecule has 0 bridgehead atoms. The van der Waals surface area contributed by atoms with Gasteiger partial charge in [0.15, 0.2) is 0 Å². The summed E-state index contributed by atoms with van der Waals surface area (Å²) >= 11 is 1.71. The molecule has 0 fully saturated rings. The second-order valence-corrected chi connectivity index (χ2v) is 3.48. The van der Waals surface area contributed by atoms with Crippen LogP contribution in [-0.2, 0) is 6.42 Å². The van der Waals surface area contributed by atoms with Crippen molar-refractivity contribution in [3.05, 3.63) is 16.1 Å². The summed E-state index contributed by atoms with van der Waals surface area (Å²) in [6.45, 7) is 2.34. The molecule has 1 heterocycles. The van der Waals surface area contributed by atoms with Crippen molar-refractivity contribution < 1.29 is 5.11 Å². The van der Waals surface area contributed by atoms with Crippen molar-refractivity contribution in [3.8, 4) is 0 Å². The summed E-state index contributed by atoms with van der Waals surface area (Å²) in [5.41, 5.74) is 3.02. The van der Waals surface area contributed by atoms with Crippen LogP contribution in [0.3, 0.4) is 0 Å². The molecule has 0 atom stereocenters. The zero-order chi connectivity index (χ0) is 8.10. The average molecular weight is 171 g/mol. The van der Waals surface area contributed by atoms with E-state index in [0.29, 0.717) is 6.61 Å². The van der Waals surface area contributed by atoms with Crippen LogP contribution < -0.4 is 0 Å². The van der Waals surface area contributed by atoms with Gasteiger partial charge < -0.3 is 5.11 Å². The Kier molecular flexibility index (Phi) is 3.52. The van der Waals surface area contributed by atoms with Gasteiger partial charge in [0.1, 0.15) is 0 Å². The predicted molar refractivity (Wildman–Crippen MR) is 46.9 cm³/mol. The lowest BCUT2D eigenvalue weighted by atomic mass is 10.2. The van der Waals surface area contributed by atoms with Crippen LogP contribution in [0.5, 0.6) is 0 Å². The number of thiazole rings is 1. The van der Waals surface area contributed by atoms with E-state index in [-0.39, 0.29) is 0 Å². The molecule has 1 N–H and O–H groups in total. The molecular formula is C8H13NOS. The Balaban J connectivity index is 2.32. The topological polar surface area (TPSA) is 33.1 Å². The van der Waals surface area contributed by atoms with Crippen LogP contribution in [0, 0.1) is 6.92 Å². The predicted octanol–water partition coefficient (Wildman–Crippen LogP) is 1.77. The minimum Gasteiger partial charge on any atom is -0.396 e. The fraction of sp³-hybridized carbons (Fsp3) is 0.625. The molecule has 0 aromatic carbocycles. The highest BCUT2D eigenvalue weighted by Gasteiger charge is 1.99. The Morgan fingerprint density at radius 3 is 2.91 bits per heavy atom. The van der Waals surface area contributed by atoms with Gasteiger partial charge in [0.2, 0.25) is 0 Å². The van der Waals surface area contributed by atoms with Crippen molar-refractivity contribution in [2.75, 3.05) is 6.61 Å². The van der Waals surface area contributed by atoms with Crippen molar-refractivity contribution in [3.63, 3.8) is 0 Å². The van der Waals surface area contributed by atoms with Crippen molar-refractivity contribution in [2.24, 2.45) is 0 Å². The molecule has 0 aliphatic rings. The van der Waals surface area contributed by atoms with Crippen LogP contribution in [0.4, 0.5) is 0 Å². The normalized spacial score (nSPS) is 10.4. The second-order valence-electron chi connectivity index (χ2n) is 2.54. The third-order valence-corrected chi connectivity index (χ3v) is 2.65. The molecule has 0 saturated heterocycles. The number of aliphatic hydroxyl groups is 1. The van der Waals surface area contributed by atoms with Crippen LogP contribution in [0.1, 0.15) is 23.4 Å². The second kappa shape index (κ2) is 4.46. The van der Waals surface area contributed by atoms with Gasteiger partial charge in [-0.05, 0) is 26.2 Å². The van der Waals surface area contributed by atoms with Crippen molar-refractivity contribution in [2.45, 2.75) is 26.2 Å². The third kappa shape index (κ3) is 2.60. The molecule has 1 rings (SSSR count). The first-order chi connectivity index (χ1) is 5.34. The number of aryl methyl sites for hydroxylation is 2. The van der Waals surface area contributed by atoms with Gasteiger partial charge in [0, 0.05) is 11.5 Å². The summed E-state index contributed by atoms with van der Waals surface area (Å²) in [5.74, 6) is 0. The minimum atomic E-state index is 0.303. The van der Waals surface area contributed by atoms with Crippen molar-refractivity contribution in [1.29, 1.82) is 0 Å². The van der Waals surface area contributed by atoms with E-state index in [1.54, 1.807) is 11.3 Å². The van der Waals surface area contributed by atoms with Gasteiger partial charge in [-0.2, -0.15) is 0 Å². The first kappa shape index (κ1) is 8.68. The third-order valence-electron chi connectivity index (χ3n) is 1.66. The largest absolute Gasteiger partial charge is 0.396 e. The lowest BCUT2D eigenvalue weighted by Gasteiger charge is -1.95. The van der Waals surface area contributed by atoms with Gasteiger partial charge in [-0.3, -0.25) is 0 Å². The van der Waals surface area contributed by atoms with Crippen LogP contribution >= 0.6 is 11.3 Å². The summed E-state index contributed by atoms with van der Waals surface area (Å²) in [6.07, 6.45) is 3.04. The number of unbranched alkanes of at least 4 members (excludes halogenated alkanes) is 1. The number of aliphatic hydroxyl groups excluding tert-OH is 1. The summed E-state index contributed by atoms with van der Waals surface area (Å²) in [5, 5.41) is 8.55. The lowest BCUT2D eigenvalue weighted by Crippen LogP contribution is -1.87. The first-order valence-electron chi connectivity index (χ1n) is 3.84. The molecule has 3 heteroatoms. The summed E-state index contributed by atoms with van der Waals surface area (Å²) in [6, 6.07) is 0. The Labute approximate surface area is 70.9 Å². The Morgan fingerprint density at radius 1 is 1.55 bits per heavy atom. The van der Waals surface area contributed by atoms with E-state index >= 15 is 0 Å². The van der Waals surface area contributed by atoms with Gasteiger partial charge in [-0.1, -0.05) is 0 Å². The average Bonchev–Trinajstić information content (AvgIpc) is 2.37. The molecule has 0 aliphatic carbocycles. The Bertz CT molecular complexity index is 210. The number of hydrogen-bond acceptors (Lipinski definition) is 3. The molecule has 0 aliphatic heterocycles. The van der Waals surface area contributed by atoms with Gasteiger partial charge in [-0.25, -0.2) is 4.98 Å². The Morgan fingerprint density at radius 2 is 2.36 bits per heavy atom. The highest BCUT2D eigenvalue weighted by Crippen LogP contribution is 2.14. The van der Waals surface area contributed by atoms with E-state index in [1.807, 2.05) is 12.4 Å². The van der Waals surface area contributed by atoms with Crippen LogP contribution in [-0.4, -0.2) is 16.7 Å². The molecule has 0 amide bonds. The zero-order valence-corrected chi connectivity index (χ0v) is 7.52. The van der Waals surface area contributed by atoms with Gasteiger partial charge in [0.05, 0.1) is 11.2 Å². The van der Waals surface area contributed by atoms with E-state index in [1.165, 1.54) is 4.88 Å². The lowest BCUT2D eigenvalue weighted by molar-refractivity contribution is 0.285. The summed E-state index contributed by atoms with van der Waals surface area (Å²) < 4.78 is 0. The summed E-state index contributed by atoms with van der Waals surface area (Å²) in [4.78, 5) is 5.51. The van der Waals surface area contributed by atoms with E-state index in [0.717, 1.165) is 25.0 Å². The first-order valence-corrected chi connectivity index (χ1v) is 4.72. The van der Waals surface area contributed by atoms with Gasteiger partial charge in [-0.15, -0.1) is 11.3 Å². The maximum atomic E-state index is 8.55. The molecule has 11 heavy (non-hydrogen) atoms. The highest BCUT2D eigenvalue weighted by molar-refractivity contribution is 7.09. The van der Waals surface area contributed by atoms with Crippen molar-refractivity contribution >= 4 is 11.3 Å². The fourth-order valence-electron chi connectivity index (χ4n) is 0.963. The molecule has 2 nitrogen and oxygen atoms in total. The SMILES string of the molecule is Cc1ncsc1CCCCO. The number of rotatable bonds is 4. The molecule has 0 saturated carbocycles. The fourth-order valence-corrected chi connectivity index (χ4v) is 1.79. The summed E-state index contributed by atoms with van der Waals surface area (Å²) in [7, 11) is 0.